The number of benzene rings is 2. The van der Waals surface area contributed by atoms with E-state index in [1.807, 2.05) is 0 Å². The smallest absolute Gasteiger partial charge is 0.343 e. The first-order valence-corrected chi connectivity index (χ1v) is 8.03. The predicted molar refractivity (Wildman–Crippen MR) is 99.2 cm³/mol. The van der Waals surface area contributed by atoms with Crippen molar-refractivity contribution in [1.29, 1.82) is 0 Å². The lowest BCUT2D eigenvalue weighted by Crippen LogP contribution is -2.08. The topological polar surface area (TPSA) is 81.5 Å². The molecule has 0 radical (unpaired) electrons. The molecule has 0 saturated carbocycles. The quantitative estimate of drug-likeness (QED) is 0.428. The van der Waals surface area contributed by atoms with Gasteiger partial charge in [0, 0.05) is 18.0 Å². The maximum atomic E-state index is 12.3. The second-order valence-electron chi connectivity index (χ2n) is 5.56. The summed E-state index contributed by atoms with van der Waals surface area (Å²) in [7, 11) is 1.50. The lowest BCUT2D eigenvalue weighted by atomic mass is 10.1. The van der Waals surface area contributed by atoms with Crippen molar-refractivity contribution in [2.24, 2.45) is 0 Å². The minimum atomic E-state index is -0.982. The number of carbonyl (C=O) groups is 1. The highest BCUT2D eigenvalue weighted by molar-refractivity contribution is 5.91. The summed E-state index contributed by atoms with van der Waals surface area (Å²) in [4.78, 5) is 20.4. The molecule has 0 fully saturated rings. The highest BCUT2D eigenvalue weighted by Crippen LogP contribution is 2.21. The molecule has 2 aromatic carbocycles. The van der Waals surface area contributed by atoms with Crippen LogP contribution >= 0.6 is 0 Å². The van der Waals surface area contributed by atoms with Crippen molar-refractivity contribution in [2.45, 2.75) is 6.10 Å². The Morgan fingerprint density at radius 2 is 1.67 bits per heavy atom. The van der Waals surface area contributed by atoms with Gasteiger partial charge in [0.2, 0.25) is 0 Å². The fourth-order valence-electron chi connectivity index (χ4n) is 2.35. The van der Waals surface area contributed by atoms with Gasteiger partial charge in [-0.2, -0.15) is 0 Å². The first-order chi connectivity index (χ1) is 13.1. The van der Waals surface area contributed by atoms with Gasteiger partial charge < -0.3 is 14.6 Å². The fourth-order valence-corrected chi connectivity index (χ4v) is 2.35. The van der Waals surface area contributed by atoms with Crippen LogP contribution in [-0.4, -0.2) is 28.2 Å². The maximum Gasteiger partial charge on any atom is 0.343 e. The third kappa shape index (κ3) is 4.29. The standard InChI is InChI=1S/C21H16N2O4/c1-3-19(24)15-8-10-18(11-9-15)27-20(25)16-6-4-14(5-7-16)17-12-22-21(26-2)23-13-17/h1,4-13,19,24H,2H3. The van der Waals surface area contributed by atoms with Crippen molar-refractivity contribution in [2.75, 3.05) is 7.11 Å². The molecule has 1 heterocycles. The summed E-state index contributed by atoms with van der Waals surface area (Å²) in [6.45, 7) is 0. The largest absolute Gasteiger partial charge is 0.467 e. The zero-order valence-electron chi connectivity index (χ0n) is 14.5. The summed E-state index contributed by atoms with van der Waals surface area (Å²) in [5, 5.41) is 9.57. The molecule has 3 rings (SSSR count). The molecule has 6 nitrogen and oxygen atoms in total. The summed E-state index contributed by atoms with van der Waals surface area (Å²) in [6, 6.07) is 13.6. The molecule has 0 bridgehead atoms. The van der Waals surface area contributed by atoms with E-state index in [2.05, 4.69) is 15.9 Å². The monoisotopic (exact) mass is 360 g/mol. The number of nitrogens with zero attached hydrogens (tertiary/aromatic N) is 2. The molecular formula is C21H16N2O4. The Bertz CT molecular complexity index is 959. The van der Waals surface area contributed by atoms with E-state index in [1.165, 1.54) is 7.11 Å². The lowest BCUT2D eigenvalue weighted by Gasteiger charge is -2.08. The van der Waals surface area contributed by atoms with Gasteiger partial charge in [-0.3, -0.25) is 0 Å². The summed E-state index contributed by atoms with van der Waals surface area (Å²) in [5.74, 6) is 2.10. The van der Waals surface area contributed by atoms with Crippen LogP contribution in [0.2, 0.25) is 0 Å². The average molecular weight is 360 g/mol. The SMILES string of the molecule is C#CC(O)c1ccc(OC(=O)c2ccc(-c3cnc(OC)nc3)cc2)cc1. The minimum Gasteiger partial charge on any atom is -0.467 e. The molecule has 27 heavy (non-hydrogen) atoms. The first-order valence-electron chi connectivity index (χ1n) is 8.03. The van der Waals surface area contributed by atoms with Crippen LogP contribution in [0.25, 0.3) is 11.1 Å². The van der Waals surface area contributed by atoms with Gasteiger partial charge in [0.25, 0.3) is 0 Å². The molecule has 3 aromatic rings. The number of aromatic nitrogens is 2. The van der Waals surface area contributed by atoms with E-state index in [1.54, 1.807) is 60.9 Å². The Morgan fingerprint density at radius 1 is 1.04 bits per heavy atom. The highest BCUT2D eigenvalue weighted by Gasteiger charge is 2.10. The number of aliphatic hydroxyl groups excluding tert-OH is 1. The molecule has 0 aliphatic rings. The number of esters is 1. The van der Waals surface area contributed by atoms with Crippen molar-refractivity contribution in [3.63, 3.8) is 0 Å². The van der Waals surface area contributed by atoms with Crippen LogP contribution < -0.4 is 9.47 Å². The zero-order valence-corrected chi connectivity index (χ0v) is 14.5. The van der Waals surface area contributed by atoms with Gasteiger partial charge >= 0.3 is 12.0 Å². The summed E-state index contributed by atoms with van der Waals surface area (Å²) >= 11 is 0. The molecule has 0 aliphatic carbocycles. The van der Waals surface area contributed by atoms with Crippen LogP contribution in [0.5, 0.6) is 11.8 Å². The van der Waals surface area contributed by atoms with Gasteiger partial charge in [0.15, 0.2) is 0 Å². The van der Waals surface area contributed by atoms with Gasteiger partial charge in [-0.15, -0.1) is 6.42 Å². The van der Waals surface area contributed by atoms with Gasteiger partial charge in [-0.05, 0) is 35.4 Å². The molecule has 6 heteroatoms. The summed E-state index contributed by atoms with van der Waals surface area (Å²) in [6.07, 6.45) is 7.47. The molecule has 0 amide bonds. The van der Waals surface area contributed by atoms with Gasteiger partial charge in [-0.25, -0.2) is 14.8 Å². The highest BCUT2D eigenvalue weighted by atomic mass is 16.5. The Hall–Kier alpha value is -3.69. The fraction of sp³-hybridized carbons (Fsp3) is 0.0952. The number of hydrogen-bond acceptors (Lipinski definition) is 6. The maximum absolute atomic E-state index is 12.3. The van der Waals surface area contributed by atoms with E-state index >= 15 is 0 Å². The molecule has 0 aliphatic heterocycles. The van der Waals surface area contributed by atoms with E-state index in [0.29, 0.717) is 22.9 Å². The summed E-state index contributed by atoms with van der Waals surface area (Å²) < 4.78 is 10.3. The molecule has 1 N–H and O–H groups in total. The van der Waals surface area contributed by atoms with Crippen molar-refractivity contribution in [3.05, 3.63) is 72.1 Å². The Balaban J connectivity index is 1.69. The van der Waals surface area contributed by atoms with Crippen LogP contribution in [0, 0.1) is 12.3 Å². The number of carbonyl (C=O) groups excluding carboxylic acids is 1. The van der Waals surface area contributed by atoms with E-state index in [4.69, 9.17) is 15.9 Å². The van der Waals surface area contributed by atoms with Gasteiger partial charge in [-0.1, -0.05) is 30.2 Å². The normalized spacial score (nSPS) is 11.3. The molecule has 1 aromatic heterocycles. The number of ether oxygens (including phenoxy) is 2. The van der Waals surface area contributed by atoms with Crippen LogP contribution in [0.4, 0.5) is 0 Å². The van der Waals surface area contributed by atoms with Gasteiger partial charge in [0.1, 0.15) is 11.9 Å². The zero-order chi connectivity index (χ0) is 19.2. The Labute approximate surface area is 156 Å². The number of hydrogen-bond donors (Lipinski definition) is 1. The molecule has 0 saturated heterocycles. The van der Waals surface area contributed by atoms with Crippen LogP contribution in [0.3, 0.4) is 0 Å². The predicted octanol–water partition coefficient (Wildman–Crippen LogP) is 3.04. The molecule has 1 unspecified atom stereocenters. The number of aliphatic hydroxyl groups is 1. The second-order valence-corrected chi connectivity index (χ2v) is 5.56. The molecule has 0 spiro atoms. The minimum absolute atomic E-state index is 0.291. The van der Waals surface area contributed by atoms with E-state index in [-0.39, 0.29) is 0 Å². The first kappa shape index (κ1) is 18.1. The van der Waals surface area contributed by atoms with Crippen molar-refractivity contribution < 1.29 is 19.4 Å². The Morgan fingerprint density at radius 3 is 2.22 bits per heavy atom. The average Bonchev–Trinajstić information content (AvgIpc) is 2.74. The lowest BCUT2D eigenvalue weighted by molar-refractivity contribution is 0.0734. The summed E-state index contributed by atoms with van der Waals surface area (Å²) in [5.41, 5.74) is 2.63. The number of rotatable bonds is 5. The van der Waals surface area contributed by atoms with E-state index < -0.39 is 12.1 Å². The van der Waals surface area contributed by atoms with Crippen molar-refractivity contribution >= 4 is 5.97 Å². The van der Waals surface area contributed by atoms with Crippen molar-refractivity contribution in [1.82, 2.24) is 9.97 Å². The van der Waals surface area contributed by atoms with Gasteiger partial charge in [0.05, 0.1) is 12.7 Å². The van der Waals surface area contributed by atoms with Crippen LogP contribution in [0.1, 0.15) is 22.0 Å². The van der Waals surface area contributed by atoms with Crippen LogP contribution in [-0.2, 0) is 0 Å². The second kappa shape index (κ2) is 8.13. The molecular weight excluding hydrogens is 344 g/mol. The molecule has 134 valence electrons. The number of terminal acetylenes is 1. The van der Waals surface area contributed by atoms with Crippen LogP contribution in [0.15, 0.2) is 60.9 Å². The van der Waals surface area contributed by atoms with E-state index in [9.17, 15) is 9.90 Å². The van der Waals surface area contributed by atoms with E-state index in [0.717, 1.165) is 11.1 Å². The third-order valence-corrected chi connectivity index (χ3v) is 3.83. The third-order valence-electron chi connectivity index (χ3n) is 3.83. The number of methoxy groups -OCH3 is 1. The molecule has 1 atom stereocenters. The van der Waals surface area contributed by atoms with Crippen molar-refractivity contribution in [3.8, 4) is 35.2 Å². The Kier molecular flexibility index (Phi) is 5.45.